The lowest BCUT2D eigenvalue weighted by atomic mass is 10.2. The van der Waals surface area contributed by atoms with E-state index in [1.807, 2.05) is 18.3 Å². The summed E-state index contributed by atoms with van der Waals surface area (Å²) < 4.78 is 0. The predicted molar refractivity (Wildman–Crippen MR) is 88.4 cm³/mol. The number of aryl methyl sites for hydroxylation is 1. The molecule has 0 N–H and O–H groups in total. The van der Waals surface area contributed by atoms with Gasteiger partial charge in [0.25, 0.3) is 0 Å². The van der Waals surface area contributed by atoms with Gasteiger partial charge in [-0.05, 0) is 50.6 Å². The Kier molecular flexibility index (Phi) is 4.94. The van der Waals surface area contributed by atoms with Crippen LogP contribution in [0.25, 0.3) is 0 Å². The quantitative estimate of drug-likeness (QED) is 0.723. The van der Waals surface area contributed by atoms with Crippen LogP contribution in [0, 0.1) is 6.92 Å². The standard InChI is InChI=1S/C18H22N2/c1-4-20(5-2)18-12-8-16(9-13-18)14-19-17-10-6-15(3)7-11-17/h6-14H,4-5H2,1-3H3/b19-14+. The first kappa shape index (κ1) is 14.3. The molecule has 0 saturated carbocycles. The highest BCUT2D eigenvalue weighted by molar-refractivity contribution is 5.82. The summed E-state index contributed by atoms with van der Waals surface area (Å²) in [6, 6.07) is 16.8. The number of rotatable bonds is 5. The molecule has 0 heterocycles. The van der Waals surface area contributed by atoms with Crippen molar-refractivity contribution in [3.8, 4) is 0 Å². The van der Waals surface area contributed by atoms with E-state index in [0.717, 1.165) is 24.3 Å². The zero-order valence-electron chi connectivity index (χ0n) is 12.5. The number of anilines is 1. The molecule has 0 aliphatic rings. The van der Waals surface area contributed by atoms with Crippen LogP contribution in [0.1, 0.15) is 25.0 Å². The van der Waals surface area contributed by atoms with E-state index in [-0.39, 0.29) is 0 Å². The monoisotopic (exact) mass is 266 g/mol. The molecular weight excluding hydrogens is 244 g/mol. The summed E-state index contributed by atoms with van der Waals surface area (Å²) in [4.78, 5) is 6.83. The van der Waals surface area contributed by atoms with Gasteiger partial charge in [-0.1, -0.05) is 29.8 Å². The third-order valence-electron chi connectivity index (χ3n) is 3.42. The smallest absolute Gasteiger partial charge is 0.0630 e. The van der Waals surface area contributed by atoms with Gasteiger partial charge in [-0.2, -0.15) is 0 Å². The average Bonchev–Trinajstić information content (AvgIpc) is 2.49. The minimum atomic E-state index is 0.989. The summed E-state index contributed by atoms with van der Waals surface area (Å²) in [7, 11) is 0. The normalized spacial score (nSPS) is 10.9. The van der Waals surface area contributed by atoms with Crippen LogP contribution in [0.15, 0.2) is 53.5 Å². The van der Waals surface area contributed by atoms with E-state index in [4.69, 9.17) is 0 Å². The van der Waals surface area contributed by atoms with Gasteiger partial charge in [-0.15, -0.1) is 0 Å². The zero-order valence-corrected chi connectivity index (χ0v) is 12.5. The van der Waals surface area contributed by atoms with Crippen LogP contribution in [0.4, 0.5) is 11.4 Å². The molecular formula is C18H22N2. The number of aliphatic imine (C=N–C) groups is 1. The van der Waals surface area contributed by atoms with Gasteiger partial charge in [0.2, 0.25) is 0 Å². The minimum Gasteiger partial charge on any atom is -0.372 e. The summed E-state index contributed by atoms with van der Waals surface area (Å²) in [5.41, 5.74) is 4.64. The van der Waals surface area contributed by atoms with E-state index in [2.05, 4.69) is 67.1 Å². The summed E-state index contributed by atoms with van der Waals surface area (Å²) in [6.07, 6.45) is 1.91. The van der Waals surface area contributed by atoms with E-state index in [0.29, 0.717) is 0 Å². The van der Waals surface area contributed by atoms with Gasteiger partial charge in [0.05, 0.1) is 5.69 Å². The zero-order chi connectivity index (χ0) is 14.4. The Morgan fingerprint density at radius 3 is 2.05 bits per heavy atom. The van der Waals surface area contributed by atoms with E-state index in [9.17, 15) is 0 Å². The van der Waals surface area contributed by atoms with Crippen molar-refractivity contribution in [2.75, 3.05) is 18.0 Å². The maximum absolute atomic E-state index is 4.49. The molecule has 2 nitrogen and oxygen atoms in total. The Bertz CT molecular complexity index is 549. The van der Waals surface area contributed by atoms with Gasteiger partial charge < -0.3 is 4.90 Å². The van der Waals surface area contributed by atoms with Gasteiger partial charge in [-0.3, -0.25) is 4.99 Å². The molecule has 0 aromatic heterocycles. The second kappa shape index (κ2) is 6.90. The first-order valence-corrected chi connectivity index (χ1v) is 7.18. The van der Waals surface area contributed by atoms with Crippen LogP contribution in [0.5, 0.6) is 0 Å². The van der Waals surface area contributed by atoms with Crippen molar-refractivity contribution in [2.24, 2.45) is 4.99 Å². The van der Waals surface area contributed by atoms with Gasteiger partial charge in [0.1, 0.15) is 0 Å². The summed E-state index contributed by atoms with van der Waals surface area (Å²) in [5, 5.41) is 0. The third kappa shape index (κ3) is 3.70. The lowest BCUT2D eigenvalue weighted by Crippen LogP contribution is -2.21. The van der Waals surface area contributed by atoms with Gasteiger partial charge in [0.15, 0.2) is 0 Å². The van der Waals surface area contributed by atoms with Gasteiger partial charge in [0, 0.05) is 25.0 Å². The number of nitrogens with zero attached hydrogens (tertiary/aromatic N) is 2. The molecule has 0 amide bonds. The maximum Gasteiger partial charge on any atom is 0.0630 e. The van der Waals surface area contributed by atoms with Crippen LogP contribution < -0.4 is 4.90 Å². The number of benzene rings is 2. The second-order valence-corrected chi connectivity index (χ2v) is 4.86. The van der Waals surface area contributed by atoms with Crippen molar-refractivity contribution >= 4 is 17.6 Å². The van der Waals surface area contributed by atoms with Crippen LogP contribution in [0.3, 0.4) is 0 Å². The Labute approximate surface area is 121 Å². The fourth-order valence-electron chi connectivity index (χ4n) is 2.14. The molecule has 0 unspecified atom stereocenters. The van der Waals surface area contributed by atoms with Crippen molar-refractivity contribution in [3.05, 3.63) is 59.7 Å². The molecule has 0 fully saturated rings. The third-order valence-corrected chi connectivity index (χ3v) is 3.42. The molecule has 0 aliphatic heterocycles. The molecule has 2 rings (SSSR count). The molecule has 0 aliphatic carbocycles. The first-order chi connectivity index (χ1) is 9.72. The van der Waals surface area contributed by atoms with Crippen LogP contribution in [-0.2, 0) is 0 Å². The van der Waals surface area contributed by atoms with Crippen LogP contribution in [0.2, 0.25) is 0 Å². The molecule has 20 heavy (non-hydrogen) atoms. The molecule has 2 aromatic rings. The Morgan fingerprint density at radius 2 is 1.50 bits per heavy atom. The van der Waals surface area contributed by atoms with Crippen molar-refractivity contribution in [1.29, 1.82) is 0 Å². The van der Waals surface area contributed by atoms with Crippen LogP contribution >= 0.6 is 0 Å². The van der Waals surface area contributed by atoms with E-state index >= 15 is 0 Å². The second-order valence-electron chi connectivity index (χ2n) is 4.86. The summed E-state index contributed by atoms with van der Waals surface area (Å²) in [5.74, 6) is 0. The van der Waals surface area contributed by atoms with E-state index in [1.165, 1.54) is 11.3 Å². The Hall–Kier alpha value is -2.09. The molecule has 0 atom stereocenters. The Balaban J connectivity index is 2.08. The molecule has 0 radical (unpaired) electrons. The molecule has 104 valence electrons. The highest BCUT2D eigenvalue weighted by atomic mass is 15.1. The summed E-state index contributed by atoms with van der Waals surface area (Å²) in [6.45, 7) is 8.51. The molecule has 0 spiro atoms. The SMILES string of the molecule is CCN(CC)c1ccc(/C=N/c2ccc(C)cc2)cc1. The van der Waals surface area contributed by atoms with Crippen molar-refractivity contribution < 1.29 is 0 Å². The fraction of sp³-hybridized carbons (Fsp3) is 0.278. The lowest BCUT2D eigenvalue weighted by molar-refractivity contribution is 0.866. The highest BCUT2D eigenvalue weighted by Gasteiger charge is 2.00. The lowest BCUT2D eigenvalue weighted by Gasteiger charge is -2.20. The molecule has 2 aromatic carbocycles. The van der Waals surface area contributed by atoms with E-state index in [1.54, 1.807) is 0 Å². The maximum atomic E-state index is 4.49. The molecule has 0 saturated heterocycles. The topological polar surface area (TPSA) is 15.6 Å². The summed E-state index contributed by atoms with van der Waals surface area (Å²) >= 11 is 0. The van der Waals surface area contributed by atoms with Gasteiger partial charge in [-0.25, -0.2) is 0 Å². The minimum absolute atomic E-state index is 0.989. The largest absolute Gasteiger partial charge is 0.372 e. The van der Waals surface area contributed by atoms with Crippen molar-refractivity contribution in [1.82, 2.24) is 0 Å². The van der Waals surface area contributed by atoms with Crippen molar-refractivity contribution in [3.63, 3.8) is 0 Å². The highest BCUT2D eigenvalue weighted by Crippen LogP contribution is 2.16. The van der Waals surface area contributed by atoms with Gasteiger partial charge >= 0.3 is 0 Å². The average molecular weight is 266 g/mol. The predicted octanol–water partition coefficient (Wildman–Crippen LogP) is 4.59. The van der Waals surface area contributed by atoms with Crippen LogP contribution in [-0.4, -0.2) is 19.3 Å². The van der Waals surface area contributed by atoms with E-state index < -0.39 is 0 Å². The number of hydrogen-bond acceptors (Lipinski definition) is 2. The Morgan fingerprint density at radius 1 is 0.900 bits per heavy atom. The molecule has 0 bridgehead atoms. The number of hydrogen-bond donors (Lipinski definition) is 0. The van der Waals surface area contributed by atoms with Crippen molar-refractivity contribution in [2.45, 2.75) is 20.8 Å². The first-order valence-electron chi connectivity index (χ1n) is 7.18. The molecule has 2 heteroatoms. The fourth-order valence-corrected chi connectivity index (χ4v) is 2.14.